The molecule has 1 unspecified atom stereocenters. The zero-order valence-corrected chi connectivity index (χ0v) is 12.2. The highest BCUT2D eigenvalue weighted by atomic mass is 32.2. The van der Waals surface area contributed by atoms with Crippen molar-refractivity contribution in [2.75, 3.05) is 13.1 Å². The van der Waals surface area contributed by atoms with Crippen LogP contribution in [0, 0.1) is 0 Å². The van der Waals surface area contributed by atoms with E-state index >= 15 is 0 Å². The van der Waals surface area contributed by atoms with Gasteiger partial charge in [-0.15, -0.1) is 0 Å². The third-order valence-corrected chi connectivity index (χ3v) is 6.06. The third-order valence-electron chi connectivity index (χ3n) is 3.88. The van der Waals surface area contributed by atoms with Crippen molar-refractivity contribution in [1.82, 2.24) is 4.31 Å². The third kappa shape index (κ3) is 3.02. The summed E-state index contributed by atoms with van der Waals surface area (Å²) in [5.41, 5.74) is 1.22. The van der Waals surface area contributed by atoms with Crippen molar-refractivity contribution in [3.63, 3.8) is 0 Å². The minimum atomic E-state index is -3.73. The van der Waals surface area contributed by atoms with Crippen LogP contribution in [0.3, 0.4) is 0 Å². The summed E-state index contributed by atoms with van der Waals surface area (Å²) in [7, 11) is -3.73. The zero-order valence-electron chi connectivity index (χ0n) is 11.4. The molecule has 1 aromatic carbocycles. The molecule has 1 saturated heterocycles. The molecule has 1 fully saturated rings. The summed E-state index contributed by atoms with van der Waals surface area (Å²) in [5, 5.41) is 7.49. The molecular formula is C14H19NO4S. The van der Waals surface area contributed by atoms with Gasteiger partial charge in [0.05, 0.1) is 0 Å². The number of piperidine rings is 1. The van der Waals surface area contributed by atoms with E-state index in [1.54, 1.807) is 0 Å². The van der Waals surface area contributed by atoms with Crippen LogP contribution in [0.15, 0.2) is 30.3 Å². The Balaban J connectivity index is 2.03. The summed E-state index contributed by atoms with van der Waals surface area (Å²) < 4.78 is 25.5. The van der Waals surface area contributed by atoms with Crippen LogP contribution in [-0.4, -0.2) is 42.1 Å². The number of benzene rings is 1. The summed E-state index contributed by atoms with van der Waals surface area (Å²) >= 11 is 0. The predicted octanol–water partition coefficient (Wildman–Crippen LogP) is 1.67. The van der Waals surface area contributed by atoms with E-state index < -0.39 is 21.2 Å². The van der Waals surface area contributed by atoms with Crippen molar-refractivity contribution in [3.05, 3.63) is 35.9 Å². The van der Waals surface area contributed by atoms with Gasteiger partial charge in [-0.05, 0) is 31.2 Å². The molecule has 6 heteroatoms. The lowest BCUT2D eigenvalue weighted by molar-refractivity contribution is -0.136. The number of carbonyl (C=O) groups is 1. The molecule has 0 bridgehead atoms. The van der Waals surface area contributed by atoms with Crippen molar-refractivity contribution in [2.24, 2.45) is 0 Å². The Kier molecular flexibility index (Phi) is 4.45. The Morgan fingerprint density at radius 2 is 1.80 bits per heavy atom. The van der Waals surface area contributed by atoms with E-state index in [1.807, 2.05) is 18.2 Å². The minimum Gasteiger partial charge on any atom is -0.480 e. The summed E-state index contributed by atoms with van der Waals surface area (Å²) in [4.78, 5) is 10.9. The first-order valence-electron chi connectivity index (χ1n) is 6.69. The molecule has 1 aromatic rings. The Morgan fingerprint density at radius 3 is 2.30 bits per heavy atom. The molecule has 0 saturated carbocycles. The Morgan fingerprint density at radius 1 is 1.25 bits per heavy atom. The lowest BCUT2D eigenvalue weighted by Crippen LogP contribution is -2.44. The monoisotopic (exact) mass is 297 g/mol. The maximum Gasteiger partial charge on any atom is 0.323 e. The van der Waals surface area contributed by atoms with Crippen molar-refractivity contribution >= 4 is 16.0 Å². The molecular weight excluding hydrogens is 278 g/mol. The quantitative estimate of drug-likeness (QED) is 0.917. The van der Waals surface area contributed by atoms with Gasteiger partial charge in [0.25, 0.3) is 0 Å². The van der Waals surface area contributed by atoms with Crippen molar-refractivity contribution in [2.45, 2.75) is 30.9 Å². The maximum absolute atomic E-state index is 12.1. The van der Waals surface area contributed by atoms with Crippen molar-refractivity contribution in [3.8, 4) is 0 Å². The van der Waals surface area contributed by atoms with Gasteiger partial charge in [-0.2, -0.15) is 0 Å². The summed E-state index contributed by atoms with van der Waals surface area (Å²) in [6.07, 6.45) is 1.46. The van der Waals surface area contributed by atoms with E-state index in [0.717, 1.165) is 12.8 Å². The molecule has 20 heavy (non-hydrogen) atoms. The molecule has 1 aliphatic rings. The number of aliphatic carboxylic acids is 1. The van der Waals surface area contributed by atoms with Crippen molar-refractivity contribution < 1.29 is 18.3 Å². The topological polar surface area (TPSA) is 74.7 Å². The number of sulfonamides is 1. The van der Waals surface area contributed by atoms with Crippen LogP contribution in [0.4, 0.5) is 0 Å². The summed E-state index contributed by atoms with van der Waals surface area (Å²) in [6.45, 7) is 2.00. The lowest BCUT2D eigenvalue weighted by atomic mass is 9.90. The number of rotatable bonds is 4. The number of nitrogens with zero attached hydrogens (tertiary/aromatic N) is 1. The van der Waals surface area contributed by atoms with Crippen LogP contribution in [0.2, 0.25) is 0 Å². The number of carboxylic acids is 1. The average Bonchev–Trinajstić information content (AvgIpc) is 2.47. The highest BCUT2D eigenvalue weighted by Crippen LogP contribution is 2.29. The molecule has 1 aliphatic heterocycles. The largest absolute Gasteiger partial charge is 0.480 e. The second kappa shape index (κ2) is 5.93. The molecule has 110 valence electrons. The SMILES string of the molecule is CC(C(=O)O)S(=O)(=O)N1CCC(c2ccccc2)CC1. The van der Waals surface area contributed by atoms with E-state index in [0.29, 0.717) is 19.0 Å². The molecule has 0 aliphatic carbocycles. The average molecular weight is 297 g/mol. The fourth-order valence-electron chi connectivity index (χ4n) is 2.52. The first-order chi connectivity index (χ1) is 9.43. The highest BCUT2D eigenvalue weighted by Gasteiger charge is 2.36. The van der Waals surface area contributed by atoms with Crippen LogP contribution in [-0.2, 0) is 14.8 Å². The molecule has 1 heterocycles. The molecule has 0 spiro atoms. The van der Waals surface area contributed by atoms with Gasteiger partial charge in [-0.3, -0.25) is 4.79 Å². The predicted molar refractivity (Wildman–Crippen MR) is 76.0 cm³/mol. The van der Waals surface area contributed by atoms with Crippen molar-refractivity contribution in [1.29, 1.82) is 0 Å². The molecule has 0 amide bonds. The lowest BCUT2D eigenvalue weighted by Gasteiger charge is -2.32. The number of hydrogen-bond donors (Lipinski definition) is 1. The molecule has 1 N–H and O–H groups in total. The molecule has 0 radical (unpaired) electrons. The summed E-state index contributed by atoms with van der Waals surface area (Å²) in [6, 6.07) is 10.0. The molecule has 1 atom stereocenters. The molecule has 2 rings (SSSR count). The molecule has 0 aromatic heterocycles. The maximum atomic E-state index is 12.1. The van der Waals surface area contributed by atoms with E-state index in [4.69, 9.17) is 5.11 Å². The molecule has 5 nitrogen and oxygen atoms in total. The highest BCUT2D eigenvalue weighted by molar-refractivity contribution is 7.90. The minimum absolute atomic E-state index is 0.350. The van der Waals surface area contributed by atoms with Gasteiger partial charge in [0.2, 0.25) is 10.0 Å². The van der Waals surface area contributed by atoms with Gasteiger partial charge < -0.3 is 5.11 Å². The van der Waals surface area contributed by atoms with Crippen LogP contribution >= 0.6 is 0 Å². The van der Waals surface area contributed by atoms with E-state index in [2.05, 4.69) is 12.1 Å². The first-order valence-corrected chi connectivity index (χ1v) is 8.20. The van der Waals surface area contributed by atoms with Gasteiger partial charge in [-0.25, -0.2) is 12.7 Å². The van der Waals surface area contributed by atoms with Gasteiger partial charge in [-0.1, -0.05) is 30.3 Å². The van der Waals surface area contributed by atoms with Gasteiger partial charge in [0.15, 0.2) is 5.25 Å². The van der Waals surface area contributed by atoms with Gasteiger partial charge in [0, 0.05) is 13.1 Å². The second-order valence-corrected chi connectivity index (χ2v) is 7.36. The fraction of sp³-hybridized carbons (Fsp3) is 0.500. The Bertz CT molecular complexity index is 562. The number of hydrogen-bond acceptors (Lipinski definition) is 3. The first kappa shape index (κ1) is 15.0. The standard InChI is InChI=1S/C14H19NO4S/c1-11(14(16)17)20(18,19)15-9-7-13(8-10-15)12-5-3-2-4-6-12/h2-6,11,13H,7-10H2,1H3,(H,16,17). The second-order valence-electron chi connectivity index (χ2n) is 5.11. The summed E-state index contributed by atoms with van der Waals surface area (Å²) in [5.74, 6) is -0.946. The zero-order chi connectivity index (χ0) is 14.8. The van der Waals surface area contributed by atoms with Gasteiger partial charge >= 0.3 is 5.97 Å². The Labute approximate surface area is 119 Å². The fourth-order valence-corrected chi connectivity index (χ4v) is 3.94. The Hall–Kier alpha value is -1.40. The normalized spacial score (nSPS) is 19.6. The smallest absolute Gasteiger partial charge is 0.323 e. The van der Waals surface area contributed by atoms with E-state index in [9.17, 15) is 13.2 Å². The van der Waals surface area contributed by atoms with Crippen LogP contribution in [0.25, 0.3) is 0 Å². The van der Waals surface area contributed by atoms with Gasteiger partial charge in [0.1, 0.15) is 0 Å². The van der Waals surface area contributed by atoms with E-state index in [-0.39, 0.29) is 0 Å². The number of carboxylic acid groups (broad SMARTS) is 1. The van der Waals surface area contributed by atoms with E-state index in [1.165, 1.54) is 16.8 Å². The van der Waals surface area contributed by atoms with Crippen LogP contribution in [0.1, 0.15) is 31.2 Å². The van der Waals surface area contributed by atoms with Crippen LogP contribution in [0.5, 0.6) is 0 Å². The van der Waals surface area contributed by atoms with Crippen LogP contribution < -0.4 is 0 Å².